The molecule has 5 atom stereocenters. The van der Waals surface area contributed by atoms with Crippen LogP contribution in [-0.4, -0.2) is 46.2 Å². The van der Waals surface area contributed by atoms with Crippen molar-refractivity contribution in [3.63, 3.8) is 0 Å². The van der Waals surface area contributed by atoms with E-state index in [0.29, 0.717) is 17.4 Å². The minimum absolute atomic E-state index is 0.0694. The summed E-state index contributed by atoms with van der Waals surface area (Å²) >= 11 is 0. The Morgan fingerprint density at radius 3 is 2.31 bits per heavy atom. The summed E-state index contributed by atoms with van der Waals surface area (Å²) in [5.41, 5.74) is -0.363. The van der Waals surface area contributed by atoms with Crippen LogP contribution in [-0.2, 0) is 19.1 Å². The van der Waals surface area contributed by atoms with E-state index in [1.807, 2.05) is 31.2 Å². The molecule has 4 fully saturated rings. The molecule has 0 unspecified atom stereocenters. The standard InChI is InChI=1S/C33H40N4O5/c1-20-19-25(36-41-20)35-29(38)26-27-31(40)37(24-15-13-22(14-16-24)21-9-5-3-6-10-21)28(33(27)18-17-32(26,2)42-33)30(39)34-23-11-7-4-8-12-23/h13-19,21,23,26-28H,3-12H2,1-2H3,(H,34,39)(H,35,36,38)/t26-,27-,28+,32+,33+/m0/s1. The number of hydrogen-bond donors (Lipinski definition) is 2. The van der Waals surface area contributed by atoms with E-state index in [0.717, 1.165) is 25.7 Å². The molecule has 222 valence electrons. The van der Waals surface area contributed by atoms with Crippen molar-refractivity contribution < 1.29 is 23.6 Å². The molecule has 3 amide bonds. The molecule has 2 saturated carbocycles. The van der Waals surface area contributed by atoms with Crippen LogP contribution in [0.5, 0.6) is 0 Å². The summed E-state index contributed by atoms with van der Waals surface area (Å²) < 4.78 is 11.8. The van der Waals surface area contributed by atoms with Gasteiger partial charge in [-0.1, -0.05) is 68.0 Å². The average molecular weight is 573 g/mol. The number of nitrogens with zero attached hydrogens (tertiary/aromatic N) is 2. The molecule has 2 aliphatic carbocycles. The van der Waals surface area contributed by atoms with E-state index in [2.05, 4.69) is 27.9 Å². The van der Waals surface area contributed by atoms with Gasteiger partial charge in [-0.3, -0.25) is 19.3 Å². The summed E-state index contributed by atoms with van der Waals surface area (Å²) in [5, 5.41) is 9.99. The first-order chi connectivity index (χ1) is 20.3. The third-order valence-corrected chi connectivity index (χ3v) is 10.3. The summed E-state index contributed by atoms with van der Waals surface area (Å²) in [6.07, 6.45) is 15.0. The third-order valence-electron chi connectivity index (χ3n) is 10.3. The fourth-order valence-corrected chi connectivity index (χ4v) is 8.31. The maximum absolute atomic E-state index is 14.5. The van der Waals surface area contributed by atoms with Crippen molar-refractivity contribution in [1.82, 2.24) is 10.5 Å². The van der Waals surface area contributed by atoms with E-state index in [4.69, 9.17) is 9.26 Å². The van der Waals surface area contributed by atoms with Crippen LogP contribution in [0.1, 0.15) is 88.4 Å². The van der Waals surface area contributed by atoms with Crippen LogP contribution in [0.25, 0.3) is 0 Å². The highest BCUT2D eigenvalue weighted by Crippen LogP contribution is 2.60. The Morgan fingerprint density at radius 2 is 1.64 bits per heavy atom. The van der Waals surface area contributed by atoms with Crippen molar-refractivity contribution in [3.05, 3.63) is 53.8 Å². The Morgan fingerprint density at radius 1 is 0.952 bits per heavy atom. The molecule has 1 aromatic heterocycles. The molecule has 7 rings (SSSR count). The molecule has 9 nitrogen and oxygen atoms in total. The zero-order valence-electron chi connectivity index (χ0n) is 24.4. The Kier molecular flexibility index (Phi) is 6.76. The summed E-state index contributed by atoms with van der Waals surface area (Å²) in [7, 11) is 0. The van der Waals surface area contributed by atoms with Gasteiger partial charge >= 0.3 is 0 Å². The Labute approximate surface area is 246 Å². The third kappa shape index (κ3) is 4.39. The van der Waals surface area contributed by atoms with Gasteiger partial charge in [0.25, 0.3) is 0 Å². The van der Waals surface area contributed by atoms with Gasteiger partial charge in [-0.2, -0.15) is 0 Å². The zero-order chi connectivity index (χ0) is 29.1. The van der Waals surface area contributed by atoms with Gasteiger partial charge < -0.3 is 19.9 Å². The van der Waals surface area contributed by atoms with E-state index < -0.39 is 29.1 Å². The summed E-state index contributed by atoms with van der Waals surface area (Å²) in [6.45, 7) is 3.57. The van der Waals surface area contributed by atoms with Gasteiger partial charge in [-0.25, -0.2) is 0 Å². The first-order valence-corrected chi connectivity index (χ1v) is 15.7. The smallest absolute Gasteiger partial charge is 0.246 e. The summed E-state index contributed by atoms with van der Waals surface area (Å²) in [4.78, 5) is 44.1. The lowest BCUT2D eigenvalue weighted by atomic mass is 9.70. The number of hydrogen-bond acceptors (Lipinski definition) is 6. The van der Waals surface area contributed by atoms with Gasteiger partial charge in [0.2, 0.25) is 17.7 Å². The predicted molar refractivity (Wildman–Crippen MR) is 157 cm³/mol. The maximum atomic E-state index is 14.5. The van der Waals surface area contributed by atoms with Gasteiger partial charge in [0.1, 0.15) is 17.4 Å². The first kappa shape index (κ1) is 27.4. The number of fused-ring (bicyclic) bond motifs is 1. The number of rotatable bonds is 6. The second kappa shape index (κ2) is 10.4. The summed E-state index contributed by atoms with van der Waals surface area (Å²) in [6, 6.07) is 8.91. The second-order valence-electron chi connectivity index (χ2n) is 13.1. The normalized spacial score (nSPS) is 32.8. The van der Waals surface area contributed by atoms with E-state index in [1.54, 1.807) is 17.9 Å². The number of anilines is 2. The molecular weight excluding hydrogens is 532 g/mol. The Hall–Kier alpha value is -3.46. The van der Waals surface area contributed by atoms with Crippen molar-refractivity contribution in [3.8, 4) is 0 Å². The first-order valence-electron chi connectivity index (χ1n) is 15.7. The molecule has 4 heterocycles. The molecule has 1 aromatic carbocycles. The van der Waals surface area contributed by atoms with Crippen LogP contribution in [0.15, 0.2) is 47.0 Å². The zero-order valence-corrected chi connectivity index (χ0v) is 24.4. The van der Waals surface area contributed by atoms with Crippen LogP contribution in [0.2, 0.25) is 0 Å². The monoisotopic (exact) mass is 572 g/mol. The number of amides is 3. The fourth-order valence-electron chi connectivity index (χ4n) is 8.31. The number of carbonyl (C=O) groups excluding carboxylic acids is 3. The SMILES string of the molecule is Cc1cc(NC(=O)[C@@H]2[C@H]3C(=O)N(c4ccc(C5CCCCC5)cc4)[C@H](C(=O)NC4CCCCC4)[C@@]34C=C[C@@]2(C)O4)no1. The second-order valence-corrected chi connectivity index (χ2v) is 13.1. The molecule has 1 spiro atoms. The van der Waals surface area contributed by atoms with Crippen molar-refractivity contribution >= 4 is 29.2 Å². The van der Waals surface area contributed by atoms with Crippen molar-refractivity contribution in [2.75, 3.05) is 10.2 Å². The van der Waals surface area contributed by atoms with Gasteiger partial charge in [-0.05, 0) is 63.1 Å². The number of aromatic nitrogens is 1. The van der Waals surface area contributed by atoms with Crippen molar-refractivity contribution in [2.24, 2.45) is 11.8 Å². The molecule has 2 aromatic rings. The number of aryl methyl sites for hydroxylation is 1. The van der Waals surface area contributed by atoms with Crippen LogP contribution in [0.4, 0.5) is 11.5 Å². The molecule has 9 heteroatoms. The minimum Gasteiger partial charge on any atom is -0.360 e. The van der Waals surface area contributed by atoms with Crippen LogP contribution < -0.4 is 15.5 Å². The van der Waals surface area contributed by atoms with Gasteiger partial charge in [0.05, 0.1) is 17.4 Å². The van der Waals surface area contributed by atoms with Crippen LogP contribution in [0, 0.1) is 18.8 Å². The molecule has 2 saturated heterocycles. The number of ether oxygens (including phenoxy) is 1. The fraction of sp³-hybridized carbons (Fsp3) is 0.576. The van der Waals surface area contributed by atoms with E-state index in [1.165, 1.54) is 44.1 Å². The van der Waals surface area contributed by atoms with Crippen molar-refractivity contribution in [1.29, 1.82) is 0 Å². The van der Waals surface area contributed by atoms with Gasteiger partial charge in [0.15, 0.2) is 5.82 Å². The molecule has 2 bridgehead atoms. The Balaban J connectivity index is 1.24. The molecule has 0 radical (unpaired) electrons. The molecular formula is C33H40N4O5. The lowest BCUT2D eigenvalue weighted by Crippen LogP contribution is -2.56. The van der Waals surface area contributed by atoms with Crippen LogP contribution in [0.3, 0.4) is 0 Å². The molecule has 42 heavy (non-hydrogen) atoms. The minimum atomic E-state index is -1.26. The summed E-state index contributed by atoms with van der Waals surface area (Å²) in [5.74, 6) is -1.20. The van der Waals surface area contributed by atoms with E-state index >= 15 is 0 Å². The van der Waals surface area contributed by atoms with E-state index in [9.17, 15) is 14.4 Å². The largest absolute Gasteiger partial charge is 0.360 e. The number of benzene rings is 1. The average Bonchev–Trinajstić information content (AvgIpc) is 3.70. The topological polar surface area (TPSA) is 114 Å². The highest BCUT2D eigenvalue weighted by atomic mass is 16.5. The Bertz CT molecular complexity index is 1410. The van der Waals surface area contributed by atoms with Gasteiger partial charge in [-0.15, -0.1) is 0 Å². The lowest BCUT2D eigenvalue weighted by Gasteiger charge is -2.34. The van der Waals surface area contributed by atoms with Crippen LogP contribution >= 0.6 is 0 Å². The lowest BCUT2D eigenvalue weighted by molar-refractivity contribution is -0.131. The maximum Gasteiger partial charge on any atom is 0.246 e. The number of nitrogens with one attached hydrogen (secondary N) is 2. The molecule has 2 N–H and O–H groups in total. The predicted octanol–water partition coefficient (Wildman–Crippen LogP) is 5.16. The van der Waals surface area contributed by atoms with Gasteiger partial charge in [0, 0.05) is 17.8 Å². The molecule has 5 aliphatic rings. The molecule has 3 aliphatic heterocycles. The quantitative estimate of drug-likeness (QED) is 0.462. The van der Waals surface area contributed by atoms with E-state index in [-0.39, 0.29) is 29.6 Å². The highest BCUT2D eigenvalue weighted by molar-refractivity contribution is 6.11. The highest BCUT2D eigenvalue weighted by Gasteiger charge is 2.76. The van der Waals surface area contributed by atoms with Crippen molar-refractivity contribution in [2.45, 2.75) is 107 Å². The number of carbonyl (C=O) groups is 3.